The summed E-state index contributed by atoms with van der Waals surface area (Å²) in [6.45, 7) is 0. The van der Waals surface area contributed by atoms with Crippen molar-refractivity contribution in [1.82, 2.24) is 9.97 Å². The zero-order valence-corrected chi connectivity index (χ0v) is 16.1. The van der Waals surface area contributed by atoms with Crippen molar-refractivity contribution in [2.24, 2.45) is 0 Å². The number of ether oxygens (including phenoxy) is 1. The van der Waals surface area contributed by atoms with Crippen LogP contribution in [0, 0.1) is 11.3 Å². The third-order valence-corrected chi connectivity index (χ3v) is 4.95. The number of aromatic nitrogens is 2. The quantitative estimate of drug-likeness (QED) is 0.390. The predicted molar refractivity (Wildman–Crippen MR) is 108 cm³/mol. The first-order valence-corrected chi connectivity index (χ1v) is 9.49. The lowest BCUT2D eigenvalue weighted by molar-refractivity contribution is 0.0600. The van der Waals surface area contributed by atoms with Gasteiger partial charge in [0.15, 0.2) is 5.16 Å². The highest BCUT2D eigenvalue weighted by Gasteiger charge is 2.14. The summed E-state index contributed by atoms with van der Waals surface area (Å²) in [5, 5.41) is 9.91. The van der Waals surface area contributed by atoms with Crippen molar-refractivity contribution < 1.29 is 9.53 Å². The topological polar surface area (TPSA) is 102 Å². The molecule has 0 aliphatic carbocycles. The molecule has 0 saturated heterocycles. The third-order valence-electron chi connectivity index (χ3n) is 4.03. The van der Waals surface area contributed by atoms with E-state index in [1.165, 1.54) is 18.9 Å². The second kappa shape index (κ2) is 9.02. The van der Waals surface area contributed by atoms with Crippen LogP contribution in [0.5, 0.6) is 0 Å². The Morgan fingerprint density at radius 1 is 1.14 bits per heavy atom. The Balaban J connectivity index is 1.81. The van der Waals surface area contributed by atoms with Gasteiger partial charge in [-0.2, -0.15) is 5.26 Å². The first kappa shape index (κ1) is 19.4. The normalized spacial score (nSPS) is 10.3. The van der Waals surface area contributed by atoms with E-state index in [0.29, 0.717) is 34.2 Å². The molecule has 3 aromatic rings. The third kappa shape index (κ3) is 4.67. The van der Waals surface area contributed by atoms with Crippen LogP contribution in [0.4, 0.5) is 5.82 Å². The zero-order chi connectivity index (χ0) is 19.9. The van der Waals surface area contributed by atoms with Crippen LogP contribution in [0.1, 0.15) is 32.7 Å². The fourth-order valence-corrected chi connectivity index (χ4v) is 3.47. The molecule has 0 atom stereocenters. The van der Waals surface area contributed by atoms with Crippen molar-refractivity contribution >= 4 is 23.5 Å². The SMILES string of the molecule is COC(=O)c1cccc(CSc2nc(N)c(C#N)c(Cc3ccccc3)n2)c1. The highest BCUT2D eigenvalue weighted by molar-refractivity contribution is 7.98. The Morgan fingerprint density at radius 2 is 1.89 bits per heavy atom. The summed E-state index contributed by atoms with van der Waals surface area (Å²) in [4.78, 5) is 20.5. The second-order valence-corrected chi connectivity index (χ2v) is 6.91. The van der Waals surface area contributed by atoms with Gasteiger partial charge in [-0.25, -0.2) is 14.8 Å². The van der Waals surface area contributed by atoms with E-state index in [0.717, 1.165) is 11.1 Å². The molecule has 0 bridgehead atoms. The van der Waals surface area contributed by atoms with E-state index in [4.69, 9.17) is 10.5 Å². The largest absolute Gasteiger partial charge is 0.465 e. The van der Waals surface area contributed by atoms with Crippen molar-refractivity contribution in [3.05, 3.63) is 82.5 Å². The number of anilines is 1. The number of esters is 1. The second-order valence-electron chi connectivity index (χ2n) is 5.97. The molecule has 0 radical (unpaired) electrons. The van der Waals surface area contributed by atoms with Crippen molar-refractivity contribution in [3.8, 4) is 6.07 Å². The van der Waals surface area contributed by atoms with Crippen molar-refractivity contribution in [2.75, 3.05) is 12.8 Å². The number of hydrogen-bond acceptors (Lipinski definition) is 7. The van der Waals surface area contributed by atoms with Gasteiger partial charge in [0, 0.05) is 12.2 Å². The van der Waals surface area contributed by atoms with E-state index in [9.17, 15) is 10.1 Å². The standard InChI is InChI=1S/C21H18N4O2S/c1-27-20(26)16-9-5-8-15(10-16)13-28-21-24-18(17(12-22)19(23)25-21)11-14-6-3-2-4-7-14/h2-10H,11,13H2,1H3,(H2,23,24,25). The molecule has 0 fully saturated rings. The minimum atomic E-state index is -0.379. The molecule has 6 nitrogen and oxygen atoms in total. The van der Waals surface area contributed by atoms with Gasteiger partial charge < -0.3 is 10.5 Å². The van der Waals surface area contributed by atoms with E-state index in [1.54, 1.807) is 18.2 Å². The van der Waals surface area contributed by atoms with Gasteiger partial charge >= 0.3 is 5.97 Å². The van der Waals surface area contributed by atoms with Gasteiger partial charge in [-0.3, -0.25) is 0 Å². The lowest BCUT2D eigenvalue weighted by atomic mass is 10.1. The average Bonchev–Trinajstić information content (AvgIpc) is 2.72. The van der Waals surface area contributed by atoms with Gasteiger partial charge in [0.05, 0.1) is 18.4 Å². The number of methoxy groups -OCH3 is 1. The Bertz CT molecular complexity index is 1030. The molecule has 0 saturated carbocycles. The molecule has 140 valence electrons. The molecule has 1 heterocycles. The molecule has 3 rings (SSSR count). The number of nitrogens with two attached hydrogens (primary N) is 1. The monoisotopic (exact) mass is 390 g/mol. The lowest BCUT2D eigenvalue weighted by Crippen LogP contribution is -2.06. The van der Waals surface area contributed by atoms with Crippen LogP contribution in [-0.2, 0) is 16.9 Å². The minimum absolute atomic E-state index is 0.175. The fourth-order valence-electron chi connectivity index (χ4n) is 2.66. The molecule has 1 aromatic heterocycles. The Kier molecular flexibility index (Phi) is 6.25. The van der Waals surface area contributed by atoms with Gasteiger partial charge in [-0.05, 0) is 23.3 Å². The van der Waals surface area contributed by atoms with Gasteiger partial charge in [0.1, 0.15) is 17.5 Å². The minimum Gasteiger partial charge on any atom is -0.465 e. The average molecular weight is 390 g/mol. The van der Waals surface area contributed by atoms with Crippen LogP contribution in [0.2, 0.25) is 0 Å². The van der Waals surface area contributed by atoms with Crippen LogP contribution < -0.4 is 5.73 Å². The molecule has 0 aliphatic rings. The Labute approximate surface area is 167 Å². The zero-order valence-electron chi connectivity index (χ0n) is 15.3. The number of rotatable bonds is 6. The molecular formula is C21H18N4O2S. The van der Waals surface area contributed by atoms with E-state index < -0.39 is 0 Å². The fraction of sp³-hybridized carbons (Fsp3) is 0.143. The molecule has 0 unspecified atom stereocenters. The predicted octanol–water partition coefficient (Wildman–Crippen LogP) is 3.60. The lowest BCUT2D eigenvalue weighted by Gasteiger charge is -2.09. The summed E-state index contributed by atoms with van der Waals surface area (Å²) in [6.07, 6.45) is 0.502. The number of carbonyl (C=O) groups excluding carboxylic acids is 1. The highest BCUT2D eigenvalue weighted by atomic mass is 32.2. The number of nitriles is 1. The van der Waals surface area contributed by atoms with E-state index in [-0.39, 0.29) is 11.8 Å². The van der Waals surface area contributed by atoms with Gasteiger partial charge in [0.25, 0.3) is 0 Å². The maximum absolute atomic E-state index is 11.7. The number of benzene rings is 2. The number of thioether (sulfide) groups is 1. The summed E-state index contributed by atoms with van der Waals surface area (Å²) >= 11 is 1.40. The number of hydrogen-bond donors (Lipinski definition) is 1. The molecular weight excluding hydrogens is 372 g/mol. The van der Waals surface area contributed by atoms with Crippen molar-refractivity contribution in [2.45, 2.75) is 17.3 Å². The van der Waals surface area contributed by atoms with Crippen LogP contribution in [0.25, 0.3) is 0 Å². The van der Waals surface area contributed by atoms with E-state index >= 15 is 0 Å². The van der Waals surface area contributed by atoms with Crippen LogP contribution in [-0.4, -0.2) is 23.0 Å². The number of carbonyl (C=O) groups is 1. The molecule has 0 aliphatic heterocycles. The molecule has 28 heavy (non-hydrogen) atoms. The van der Waals surface area contributed by atoms with Crippen molar-refractivity contribution in [3.63, 3.8) is 0 Å². The molecule has 0 amide bonds. The first-order valence-electron chi connectivity index (χ1n) is 8.51. The van der Waals surface area contributed by atoms with Gasteiger partial charge in [-0.15, -0.1) is 0 Å². The van der Waals surface area contributed by atoms with Crippen LogP contribution >= 0.6 is 11.8 Å². The summed E-state index contributed by atoms with van der Waals surface area (Å²) < 4.78 is 4.75. The smallest absolute Gasteiger partial charge is 0.337 e. The molecule has 7 heteroatoms. The Hall–Kier alpha value is -3.37. The molecule has 2 N–H and O–H groups in total. The Morgan fingerprint density at radius 3 is 2.61 bits per heavy atom. The van der Waals surface area contributed by atoms with Crippen LogP contribution in [0.15, 0.2) is 59.8 Å². The summed E-state index contributed by atoms with van der Waals surface area (Å²) in [5.74, 6) is 0.353. The number of nitrogen functional groups attached to an aromatic ring is 1. The van der Waals surface area contributed by atoms with E-state index in [1.807, 2.05) is 36.4 Å². The first-order chi connectivity index (χ1) is 13.6. The number of nitrogens with zero attached hydrogens (tertiary/aromatic N) is 3. The van der Waals surface area contributed by atoms with Gasteiger partial charge in [0.2, 0.25) is 0 Å². The maximum Gasteiger partial charge on any atom is 0.337 e. The highest BCUT2D eigenvalue weighted by Crippen LogP contribution is 2.24. The van der Waals surface area contributed by atoms with Gasteiger partial charge in [-0.1, -0.05) is 54.2 Å². The van der Waals surface area contributed by atoms with E-state index in [2.05, 4.69) is 16.0 Å². The summed E-state index contributed by atoms with van der Waals surface area (Å²) in [7, 11) is 1.35. The molecule has 2 aromatic carbocycles. The van der Waals surface area contributed by atoms with Crippen molar-refractivity contribution in [1.29, 1.82) is 5.26 Å². The van der Waals surface area contributed by atoms with Crippen LogP contribution in [0.3, 0.4) is 0 Å². The maximum atomic E-state index is 11.7. The summed E-state index contributed by atoms with van der Waals surface area (Å²) in [6, 6.07) is 19.1. The summed E-state index contributed by atoms with van der Waals surface area (Å²) in [5.41, 5.74) is 9.37. The molecule has 0 spiro atoms.